The van der Waals surface area contributed by atoms with E-state index in [-0.39, 0.29) is 11.2 Å². The van der Waals surface area contributed by atoms with Crippen molar-refractivity contribution >= 4 is 21.8 Å². The fourth-order valence-electron chi connectivity index (χ4n) is 2.86. The Bertz CT molecular complexity index is 1150. The second-order valence-electron chi connectivity index (χ2n) is 5.91. The van der Waals surface area contributed by atoms with E-state index in [1.807, 2.05) is 37.3 Å². The van der Waals surface area contributed by atoms with Gasteiger partial charge in [0.2, 0.25) is 0 Å². The second-order valence-corrected chi connectivity index (χ2v) is 7.31. The van der Waals surface area contributed by atoms with E-state index >= 15 is 0 Å². The van der Waals surface area contributed by atoms with Crippen LogP contribution in [0.2, 0.25) is 0 Å². The predicted molar refractivity (Wildman–Crippen MR) is 101 cm³/mol. The summed E-state index contributed by atoms with van der Waals surface area (Å²) in [5, 5.41) is 0.904. The van der Waals surface area contributed by atoms with Crippen LogP contribution in [0.25, 0.3) is 16.7 Å². The zero-order chi connectivity index (χ0) is 18.1. The molecule has 0 saturated heterocycles. The molecule has 0 saturated carbocycles. The van der Waals surface area contributed by atoms with Gasteiger partial charge in [-0.1, -0.05) is 18.2 Å². The van der Waals surface area contributed by atoms with Gasteiger partial charge in [-0.3, -0.25) is 13.6 Å². The molecule has 26 heavy (non-hydrogen) atoms. The zero-order valence-electron chi connectivity index (χ0n) is 14.1. The van der Waals surface area contributed by atoms with E-state index in [0.29, 0.717) is 21.8 Å². The molecule has 0 N–H and O–H groups in total. The Kier molecular flexibility index (Phi) is 4.26. The SMILES string of the molecule is Cc1ccc2c(=O)cc(S(=O)Cc3ccco3)n(-c3ccccc3)c2n1. The second kappa shape index (κ2) is 6.72. The maximum Gasteiger partial charge on any atom is 0.192 e. The van der Waals surface area contributed by atoms with Crippen LogP contribution in [0.5, 0.6) is 0 Å². The Morgan fingerprint density at radius 1 is 1.08 bits per heavy atom. The van der Waals surface area contributed by atoms with Crippen LogP contribution in [0.15, 0.2) is 81.2 Å². The van der Waals surface area contributed by atoms with Crippen LogP contribution in [0.3, 0.4) is 0 Å². The molecule has 4 rings (SSSR count). The molecule has 0 aliphatic carbocycles. The smallest absolute Gasteiger partial charge is 0.192 e. The zero-order valence-corrected chi connectivity index (χ0v) is 14.9. The lowest BCUT2D eigenvalue weighted by Crippen LogP contribution is -2.16. The van der Waals surface area contributed by atoms with E-state index in [0.717, 1.165) is 11.4 Å². The highest BCUT2D eigenvalue weighted by Gasteiger charge is 2.18. The molecular formula is C20H16N2O3S. The van der Waals surface area contributed by atoms with Crippen molar-refractivity contribution in [2.75, 3.05) is 0 Å². The minimum atomic E-state index is -1.47. The topological polar surface area (TPSA) is 65.1 Å². The van der Waals surface area contributed by atoms with Gasteiger partial charge in [-0.15, -0.1) is 0 Å². The van der Waals surface area contributed by atoms with Crippen LogP contribution in [-0.4, -0.2) is 13.8 Å². The molecule has 0 radical (unpaired) electrons. The molecule has 1 aromatic carbocycles. The Labute approximate surface area is 152 Å². The summed E-state index contributed by atoms with van der Waals surface area (Å²) in [6, 6.07) is 18.0. The molecule has 0 bridgehead atoms. The van der Waals surface area contributed by atoms with E-state index in [1.54, 1.807) is 35.1 Å². The first-order valence-electron chi connectivity index (χ1n) is 8.13. The Morgan fingerprint density at radius 3 is 2.62 bits per heavy atom. The van der Waals surface area contributed by atoms with Crippen molar-refractivity contribution in [1.29, 1.82) is 0 Å². The fraction of sp³-hybridized carbons (Fsp3) is 0.100. The van der Waals surface area contributed by atoms with Crippen molar-refractivity contribution < 1.29 is 8.63 Å². The normalized spacial score (nSPS) is 12.3. The van der Waals surface area contributed by atoms with Crippen molar-refractivity contribution in [2.24, 2.45) is 0 Å². The molecule has 1 atom stereocenters. The molecule has 0 aliphatic rings. The molecule has 4 aromatic rings. The molecule has 3 aromatic heterocycles. The average molecular weight is 364 g/mol. The van der Waals surface area contributed by atoms with Crippen molar-refractivity contribution in [3.8, 4) is 5.69 Å². The summed E-state index contributed by atoms with van der Waals surface area (Å²) >= 11 is 0. The van der Waals surface area contributed by atoms with Crippen molar-refractivity contribution in [2.45, 2.75) is 17.7 Å². The fourth-order valence-corrected chi connectivity index (χ4v) is 4.06. The van der Waals surface area contributed by atoms with Crippen LogP contribution in [0, 0.1) is 6.92 Å². The minimum Gasteiger partial charge on any atom is -0.468 e. The lowest BCUT2D eigenvalue weighted by molar-refractivity contribution is 0.527. The largest absolute Gasteiger partial charge is 0.468 e. The molecular weight excluding hydrogens is 348 g/mol. The van der Waals surface area contributed by atoms with Crippen LogP contribution in [0.1, 0.15) is 11.5 Å². The highest BCUT2D eigenvalue weighted by atomic mass is 32.2. The van der Waals surface area contributed by atoms with Crippen LogP contribution in [0.4, 0.5) is 0 Å². The van der Waals surface area contributed by atoms with Gasteiger partial charge in [-0.25, -0.2) is 4.98 Å². The number of pyridine rings is 2. The summed E-state index contributed by atoms with van der Waals surface area (Å²) in [5.74, 6) is 0.795. The molecule has 5 nitrogen and oxygen atoms in total. The van der Waals surface area contributed by atoms with Crippen LogP contribution in [-0.2, 0) is 16.6 Å². The van der Waals surface area contributed by atoms with Gasteiger partial charge in [0.15, 0.2) is 5.43 Å². The maximum absolute atomic E-state index is 13.1. The van der Waals surface area contributed by atoms with E-state index < -0.39 is 10.8 Å². The third-order valence-corrected chi connectivity index (χ3v) is 5.38. The highest BCUT2D eigenvalue weighted by Crippen LogP contribution is 2.22. The summed E-state index contributed by atoms with van der Waals surface area (Å²) in [7, 11) is -1.47. The first-order valence-corrected chi connectivity index (χ1v) is 9.45. The van der Waals surface area contributed by atoms with Crippen molar-refractivity contribution in [3.63, 3.8) is 0 Å². The summed E-state index contributed by atoms with van der Waals surface area (Å²) in [5.41, 5.74) is 1.91. The lowest BCUT2D eigenvalue weighted by Gasteiger charge is -2.16. The van der Waals surface area contributed by atoms with E-state index in [4.69, 9.17) is 4.42 Å². The summed E-state index contributed by atoms with van der Waals surface area (Å²) in [6.07, 6.45) is 1.54. The molecule has 0 amide bonds. The molecule has 3 heterocycles. The van der Waals surface area contributed by atoms with Gasteiger partial charge < -0.3 is 4.42 Å². The van der Waals surface area contributed by atoms with E-state index in [1.165, 1.54) is 6.07 Å². The summed E-state index contributed by atoms with van der Waals surface area (Å²) in [6.45, 7) is 1.87. The van der Waals surface area contributed by atoms with Gasteiger partial charge in [0, 0.05) is 17.4 Å². The summed E-state index contributed by atoms with van der Waals surface area (Å²) in [4.78, 5) is 17.1. The third kappa shape index (κ3) is 2.99. The number of hydrogen-bond donors (Lipinski definition) is 0. The van der Waals surface area contributed by atoms with E-state index in [2.05, 4.69) is 4.98 Å². The number of furan rings is 1. The number of rotatable bonds is 4. The number of fused-ring (bicyclic) bond motifs is 1. The number of aromatic nitrogens is 2. The Hall–Kier alpha value is -2.99. The monoisotopic (exact) mass is 364 g/mol. The highest BCUT2D eigenvalue weighted by molar-refractivity contribution is 7.84. The van der Waals surface area contributed by atoms with E-state index in [9.17, 15) is 9.00 Å². The number of benzene rings is 1. The molecule has 6 heteroatoms. The average Bonchev–Trinajstić information content (AvgIpc) is 3.15. The van der Waals surface area contributed by atoms with Crippen LogP contribution < -0.4 is 5.43 Å². The number of hydrogen-bond acceptors (Lipinski definition) is 4. The van der Waals surface area contributed by atoms with Gasteiger partial charge in [0.05, 0.1) is 28.2 Å². The van der Waals surface area contributed by atoms with Gasteiger partial charge >= 0.3 is 0 Å². The Morgan fingerprint density at radius 2 is 1.88 bits per heavy atom. The third-order valence-electron chi connectivity index (χ3n) is 4.07. The first kappa shape index (κ1) is 16.5. The number of aryl methyl sites for hydroxylation is 1. The molecule has 0 fully saturated rings. The molecule has 1 unspecified atom stereocenters. The quantitative estimate of drug-likeness (QED) is 0.555. The molecule has 0 aliphatic heterocycles. The van der Waals surface area contributed by atoms with Crippen LogP contribution >= 0.6 is 0 Å². The summed E-state index contributed by atoms with van der Waals surface area (Å²) < 4.78 is 20.2. The van der Waals surface area contributed by atoms with Crippen molar-refractivity contribution in [1.82, 2.24) is 9.55 Å². The first-order chi connectivity index (χ1) is 12.6. The van der Waals surface area contributed by atoms with Gasteiger partial charge in [-0.05, 0) is 43.3 Å². The van der Waals surface area contributed by atoms with Gasteiger partial charge in [-0.2, -0.15) is 0 Å². The Balaban J connectivity index is 1.99. The van der Waals surface area contributed by atoms with Gasteiger partial charge in [0.1, 0.15) is 16.4 Å². The predicted octanol–water partition coefficient (Wildman–Crippen LogP) is 3.59. The molecule has 0 spiro atoms. The number of para-hydroxylation sites is 1. The lowest BCUT2D eigenvalue weighted by atomic mass is 10.2. The standard InChI is InChI=1S/C20H16N2O3S/c1-14-9-10-17-18(23)12-19(26(24)13-16-8-5-11-25-16)22(20(17)21-14)15-6-3-2-4-7-15/h2-12H,13H2,1H3. The number of nitrogens with zero attached hydrogens (tertiary/aromatic N) is 2. The maximum atomic E-state index is 13.1. The minimum absolute atomic E-state index is 0.191. The van der Waals surface area contributed by atoms with Gasteiger partial charge in [0.25, 0.3) is 0 Å². The van der Waals surface area contributed by atoms with Crippen molar-refractivity contribution in [3.05, 3.63) is 88.6 Å². The molecule has 130 valence electrons.